The molecule has 0 spiro atoms. The van der Waals surface area contributed by atoms with Crippen molar-refractivity contribution in [3.63, 3.8) is 0 Å². The summed E-state index contributed by atoms with van der Waals surface area (Å²) in [5.41, 5.74) is 4.13. The average molecular weight is 451 g/mol. The van der Waals surface area contributed by atoms with Crippen LogP contribution in [0.25, 0.3) is 0 Å². The normalized spacial score (nSPS) is 13.8. The van der Waals surface area contributed by atoms with Crippen molar-refractivity contribution < 1.29 is 28.4 Å². The van der Waals surface area contributed by atoms with Gasteiger partial charge in [-0.05, 0) is 71.5 Å². The van der Waals surface area contributed by atoms with Gasteiger partial charge in [0.05, 0.1) is 42.7 Å². The maximum absolute atomic E-state index is 5.68. The highest BCUT2D eigenvalue weighted by atomic mass is 16.5. The monoisotopic (exact) mass is 450 g/mol. The van der Waals surface area contributed by atoms with Crippen LogP contribution in [-0.2, 0) is 11.8 Å². The Kier molecular flexibility index (Phi) is 6.27. The zero-order valence-electron chi connectivity index (χ0n) is 20.0. The average Bonchev–Trinajstić information content (AvgIpc) is 3.25. The van der Waals surface area contributed by atoms with Crippen LogP contribution in [0.5, 0.6) is 34.5 Å². The lowest BCUT2D eigenvalue weighted by Crippen LogP contribution is -2.26. The first-order valence-electron chi connectivity index (χ1n) is 10.8. The number of benzene rings is 3. The van der Waals surface area contributed by atoms with Gasteiger partial charge in [-0.25, -0.2) is 0 Å². The Labute approximate surface area is 195 Å². The minimum atomic E-state index is -0.450. The van der Waals surface area contributed by atoms with E-state index in [0.717, 1.165) is 29.7 Å². The lowest BCUT2D eigenvalue weighted by atomic mass is 9.70. The third kappa shape index (κ3) is 3.59. The first-order chi connectivity index (χ1) is 16.1. The van der Waals surface area contributed by atoms with Gasteiger partial charge in [0, 0.05) is 5.41 Å². The summed E-state index contributed by atoms with van der Waals surface area (Å²) >= 11 is 0. The van der Waals surface area contributed by atoms with Crippen LogP contribution in [0.1, 0.15) is 28.7 Å². The molecule has 0 aliphatic heterocycles. The van der Waals surface area contributed by atoms with E-state index in [2.05, 4.69) is 36.4 Å². The highest BCUT2D eigenvalue weighted by Crippen LogP contribution is 2.53. The van der Waals surface area contributed by atoms with Gasteiger partial charge in [-0.2, -0.15) is 0 Å². The first kappa shape index (κ1) is 22.6. The van der Waals surface area contributed by atoms with Gasteiger partial charge in [0.25, 0.3) is 0 Å². The molecule has 6 nitrogen and oxygen atoms in total. The molecule has 0 saturated heterocycles. The Balaban J connectivity index is 2.03. The van der Waals surface area contributed by atoms with E-state index in [4.69, 9.17) is 28.4 Å². The van der Waals surface area contributed by atoms with Crippen molar-refractivity contribution in [2.75, 3.05) is 42.7 Å². The van der Waals surface area contributed by atoms with Crippen LogP contribution < -0.4 is 28.4 Å². The summed E-state index contributed by atoms with van der Waals surface area (Å²) in [6, 6.07) is 16.4. The molecule has 0 fully saturated rings. The van der Waals surface area contributed by atoms with Gasteiger partial charge in [-0.1, -0.05) is 12.1 Å². The molecule has 1 aliphatic carbocycles. The molecule has 0 unspecified atom stereocenters. The smallest absolute Gasteiger partial charge is 0.161 e. The van der Waals surface area contributed by atoms with Crippen molar-refractivity contribution >= 4 is 0 Å². The van der Waals surface area contributed by atoms with Gasteiger partial charge in [0.1, 0.15) is 0 Å². The molecule has 0 atom stereocenters. The van der Waals surface area contributed by atoms with Crippen LogP contribution in [0.2, 0.25) is 0 Å². The summed E-state index contributed by atoms with van der Waals surface area (Å²) in [4.78, 5) is 0. The van der Waals surface area contributed by atoms with E-state index in [1.807, 2.05) is 12.1 Å². The van der Waals surface area contributed by atoms with Crippen LogP contribution in [0, 0.1) is 0 Å². The molecule has 0 radical (unpaired) electrons. The Hall–Kier alpha value is -3.54. The Morgan fingerprint density at radius 3 is 1.39 bits per heavy atom. The maximum atomic E-state index is 5.68. The van der Waals surface area contributed by atoms with E-state index in [-0.39, 0.29) is 0 Å². The Morgan fingerprint density at radius 2 is 0.939 bits per heavy atom. The maximum Gasteiger partial charge on any atom is 0.161 e. The second kappa shape index (κ2) is 9.14. The molecule has 4 rings (SSSR count). The number of hydrogen-bond donors (Lipinski definition) is 0. The lowest BCUT2D eigenvalue weighted by Gasteiger charge is -2.33. The topological polar surface area (TPSA) is 55.4 Å². The number of hydrogen-bond acceptors (Lipinski definition) is 6. The Bertz CT molecular complexity index is 1100. The van der Waals surface area contributed by atoms with Crippen LogP contribution in [0.4, 0.5) is 0 Å². The molecule has 3 aromatic rings. The van der Waals surface area contributed by atoms with E-state index < -0.39 is 5.41 Å². The predicted octanol–water partition coefficient (Wildman–Crippen LogP) is 5.02. The summed E-state index contributed by atoms with van der Waals surface area (Å²) in [5.74, 6) is 4.17. The van der Waals surface area contributed by atoms with E-state index in [9.17, 15) is 0 Å². The van der Waals surface area contributed by atoms with Crippen molar-refractivity contribution in [2.45, 2.75) is 18.3 Å². The quantitative estimate of drug-likeness (QED) is 0.480. The van der Waals surface area contributed by atoms with Gasteiger partial charge >= 0.3 is 0 Å². The second-order valence-electron chi connectivity index (χ2n) is 7.91. The van der Waals surface area contributed by atoms with Crippen LogP contribution >= 0.6 is 0 Å². The molecule has 0 saturated carbocycles. The molecule has 1 aliphatic rings. The zero-order valence-corrected chi connectivity index (χ0v) is 20.0. The molecule has 0 heterocycles. The molecule has 0 aromatic heterocycles. The standard InChI is InChI=1S/C27H30O6/c1-28-21-9-7-18(14-24(21)31-4)27(19-8-10-22(29-2)25(15-19)32-5)12-11-17-13-23(30-3)26(33-6)16-20(17)27/h7-10,13-16H,11-12H2,1-6H3. The van der Waals surface area contributed by atoms with E-state index in [1.54, 1.807) is 42.7 Å². The SMILES string of the molecule is COc1ccc(C2(c3ccc(OC)c(OC)c3)CCc3cc(OC)c(OC)cc32)cc1OC. The van der Waals surface area contributed by atoms with Crippen LogP contribution in [0.3, 0.4) is 0 Å². The fourth-order valence-corrected chi connectivity index (χ4v) is 4.95. The predicted molar refractivity (Wildman–Crippen MR) is 127 cm³/mol. The minimum Gasteiger partial charge on any atom is -0.493 e. The van der Waals surface area contributed by atoms with Gasteiger partial charge in [-0.15, -0.1) is 0 Å². The molecule has 0 bridgehead atoms. The molecular formula is C27H30O6. The van der Waals surface area contributed by atoms with Gasteiger partial charge < -0.3 is 28.4 Å². The molecule has 0 N–H and O–H groups in total. The Morgan fingerprint density at radius 1 is 0.515 bits per heavy atom. The summed E-state index contributed by atoms with van der Waals surface area (Å²) in [5, 5.41) is 0. The third-order valence-corrected chi connectivity index (χ3v) is 6.59. The molecule has 174 valence electrons. The highest BCUT2D eigenvalue weighted by molar-refractivity contribution is 5.64. The van der Waals surface area contributed by atoms with Crippen molar-refractivity contribution in [2.24, 2.45) is 0 Å². The van der Waals surface area contributed by atoms with E-state index in [0.29, 0.717) is 28.7 Å². The molecule has 6 heteroatoms. The molecular weight excluding hydrogens is 420 g/mol. The number of aryl methyl sites for hydroxylation is 1. The van der Waals surface area contributed by atoms with Gasteiger partial charge in [0.15, 0.2) is 34.5 Å². The van der Waals surface area contributed by atoms with Crippen molar-refractivity contribution in [3.05, 3.63) is 70.8 Å². The number of fused-ring (bicyclic) bond motifs is 1. The van der Waals surface area contributed by atoms with Crippen molar-refractivity contribution in [3.8, 4) is 34.5 Å². The fraction of sp³-hybridized carbons (Fsp3) is 0.333. The van der Waals surface area contributed by atoms with Crippen LogP contribution in [0.15, 0.2) is 48.5 Å². The number of ether oxygens (including phenoxy) is 6. The summed E-state index contributed by atoms with van der Waals surface area (Å²) < 4.78 is 33.6. The second-order valence-corrected chi connectivity index (χ2v) is 7.91. The van der Waals surface area contributed by atoms with Crippen LogP contribution in [-0.4, -0.2) is 42.7 Å². The van der Waals surface area contributed by atoms with Crippen molar-refractivity contribution in [1.82, 2.24) is 0 Å². The number of methoxy groups -OCH3 is 6. The fourth-order valence-electron chi connectivity index (χ4n) is 4.95. The first-order valence-corrected chi connectivity index (χ1v) is 10.8. The van der Waals surface area contributed by atoms with E-state index >= 15 is 0 Å². The largest absolute Gasteiger partial charge is 0.493 e. The summed E-state index contributed by atoms with van der Waals surface area (Å²) in [6.45, 7) is 0. The summed E-state index contributed by atoms with van der Waals surface area (Å²) in [6.07, 6.45) is 1.75. The van der Waals surface area contributed by atoms with E-state index in [1.165, 1.54) is 11.1 Å². The number of rotatable bonds is 8. The molecule has 0 amide bonds. The zero-order chi connectivity index (χ0) is 23.6. The third-order valence-electron chi connectivity index (χ3n) is 6.59. The van der Waals surface area contributed by atoms with Gasteiger partial charge in [0.2, 0.25) is 0 Å². The van der Waals surface area contributed by atoms with Crippen molar-refractivity contribution in [1.29, 1.82) is 0 Å². The highest BCUT2D eigenvalue weighted by Gasteiger charge is 2.43. The lowest BCUT2D eigenvalue weighted by molar-refractivity contribution is 0.352. The summed E-state index contributed by atoms with van der Waals surface area (Å²) in [7, 11) is 9.92. The molecule has 33 heavy (non-hydrogen) atoms. The van der Waals surface area contributed by atoms with Gasteiger partial charge in [-0.3, -0.25) is 0 Å². The molecule has 3 aromatic carbocycles. The minimum absolute atomic E-state index is 0.450.